The molecule has 1 aliphatic rings. The molecule has 3 N–H and O–H groups in total. The molecular weight excluding hydrogens is 284 g/mol. The summed E-state index contributed by atoms with van der Waals surface area (Å²) < 4.78 is 0. The van der Waals surface area contributed by atoms with Crippen molar-refractivity contribution in [3.05, 3.63) is 22.7 Å². The first kappa shape index (κ1) is 18.4. The Morgan fingerprint density at radius 1 is 0.727 bits per heavy atom. The van der Waals surface area contributed by atoms with E-state index in [1.165, 1.54) is 6.92 Å². The van der Waals surface area contributed by atoms with Gasteiger partial charge in [0.25, 0.3) is 0 Å². The van der Waals surface area contributed by atoms with Gasteiger partial charge >= 0.3 is 0 Å². The largest absolute Gasteiger partial charge is 0.501 e. The lowest BCUT2D eigenvalue weighted by molar-refractivity contribution is -0.120. The molecule has 0 aromatic rings. The summed E-state index contributed by atoms with van der Waals surface area (Å²) in [5.41, 5.74) is 0.563. The lowest BCUT2D eigenvalue weighted by Gasteiger charge is -2.15. The molecule has 0 saturated carbocycles. The Kier molecular flexibility index (Phi) is 7.88. The van der Waals surface area contributed by atoms with Crippen molar-refractivity contribution in [2.24, 2.45) is 0 Å². The third-order valence-electron chi connectivity index (χ3n) is 4.06. The second kappa shape index (κ2) is 9.41. The minimum absolute atomic E-state index is 0.240. The maximum Gasteiger partial charge on any atom is 0.227 e. The highest BCUT2D eigenvalue weighted by molar-refractivity contribution is 6.22. The Morgan fingerprint density at radius 2 is 1.18 bits per heavy atom. The Hall–Kier alpha value is -1.62. The first-order chi connectivity index (χ1) is 10.5. The van der Waals surface area contributed by atoms with Crippen LogP contribution in [0.3, 0.4) is 0 Å². The molecule has 0 fully saturated rings. The molecule has 0 heterocycles. The molecule has 0 bridgehead atoms. The van der Waals surface area contributed by atoms with Crippen LogP contribution in [0.25, 0.3) is 0 Å². The molecule has 1 rings (SSSR count). The molecule has 0 aromatic heterocycles. The number of carbonyl (C=O) groups is 2. The molecular formula is C17H26O5. The van der Waals surface area contributed by atoms with Gasteiger partial charge in [-0.1, -0.05) is 38.5 Å². The highest BCUT2D eigenvalue weighted by atomic mass is 16.3. The summed E-state index contributed by atoms with van der Waals surface area (Å²) in [5.74, 6) is -2.95. The number of ketones is 2. The van der Waals surface area contributed by atoms with Crippen molar-refractivity contribution in [2.45, 2.75) is 64.7 Å². The number of hydrogen-bond acceptors (Lipinski definition) is 5. The average molecular weight is 310 g/mol. The standard InChI is InChI=1S/C17H26O5/c1-12-13(15(20)17(22)16(21)14(12)19)10-8-6-4-2-3-5-7-9-11-18/h18,21-22H,2-11H2,1H3. The highest BCUT2D eigenvalue weighted by Gasteiger charge is 2.31. The number of aliphatic hydroxyl groups is 3. The fourth-order valence-corrected chi connectivity index (χ4v) is 2.62. The van der Waals surface area contributed by atoms with Crippen molar-refractivity contribution in [3.63, 3.8) is 0 Å². The summed E-state index contributed by atoms with van der Waals surface area (Å²) in [5, 5.41) is 27.5. The fourth-order valence-electron chi connectivity index (χ4n) is 2.62. The second-order valence-electron chi connectivity index (χ2n) is 5.76. The van der Waals surface area contributed by atoms with Crippen molar-refractivity contribution in [1.82, 2.24) is 0 Å². The van der Waals surface area contributed by atoms with Crippen molar-refractivity contribution in [2.75, 3.05) is 6.61 Å². The Balaban J connectivity index is 2.28. The molecule has 0 aromatic carbocycles. The normalized spacial score (nSPS) is 15.9. The van der Waals surface area contributed by atoms with E-state index in [0.717, 1.165) is 51.4 Å². The summed E-state index contributed by atoms with van der Waals surface area (Å²) in [6.07, 6.45) is 8.63. The predicted molar refractivity (Wildman–Crippen MR) is 83.6 cm³/mol. The summed E-state index contributed by atoms with van der Waals surface area (Å²) in [7, 11) is 0. The number of aliphatic hydroxyl groups excluding tert-OH is 3. The van der Waals surface area contributed by atoms with E-state index in [4.69, 9.17) is 5.11 Å². The molecule has 0 spiro atoms. The summed E-state index contributed by atoms with van der Waals surface area (Å²) in [4.78, 5) is 23.5. The van der Waals surface area contributed by atoms with Gasteiger partial charge in [0.2, 0.25) is 23.1 Å². The molecule has 5 nitrogen and oxygen atoms in total. The molecule has 1 aliphatic carbocycles. The van der Waals surface area contributed by atoms with E-state index >= 15 is 0 Å². The van der Waals surface area contributed by atoms with E-state index in [-0.39, 0.29) is 12.2 Å². The quantitative estimate of drug-likeness (QED) is 0.425. The fraction of sp³-hybridized carbons (Fsp3) is 0.647. The average Bonchev–Trinajstić information content (AvgIpc) is 2.52. The lowest BCUT2D eigenvalue weighted by atomic mass is 9.89. The molecule has 0 aliphatic heterocycles. The molecule has 0 saturated heterocycles. The van der Waals surface area contributed by atoms with Gasteiger partial charge in [-0.15, -0.1) is 0 Å². The van der Waals surface area contributed by atoms with Gasteiger partial charge in [-0.05, 0) is 26.2 Å². The summed E-state index contributed by atoms with van der Waals surface area (Å²) in [6, 6.07) is 0. The van der Waals surface area contributed by atoms with Crippen LogP contribution < -0.4 is 0 Å². The second-order valence-corrected chi connectivity index (χ2v) is 5.76. The Labute approximate surface area is 131 Å². The number of Topliss-reactive ketones (excluding diaryl/α,β-unsaturated/α-hetero) is 2. The SMILES string of the molecule is CC1=C(CCCCCCCCCCO)C(=O)C(O)=C(O)C1=O. The lowest BCUT2D eigenvalue weighted by Crippen LogP contribution is -2.22. The zero-order valence-electron chi connectivity index (χ0n) is 13.2. The van der Waals surface area contributed by atoms with Gasteiger partial charge in [-0.3, -0.25) is 9.59 Å². The third kappa shape index (κ3) is 4.98. The van der Waals surface area contributed by atoms with Crippen LogP contribution in [0.2, 0.25) is 0 Å². The molecule has 5 heteroatoms. The van der Waals surface area contributed by atoms with E-state index in [9.17, 15) is 19.8 Å². The number of rotatable bonds is 10. The maximum atomic E-state index is 11.9. The minimum atomic E-state index is -0.839. The number of allylic oxidation sites excluding steroid dienone is 2. The van der Waals surface area contributed by atoms with E-state index in [1.54, 1.807) is 0 Å². The first-order valence-electron chi connectivity index (χ1n) is 8.03. The molecule has 0 radical (unpaired) electrons. The van der Waals surface area contributed by atoms with Crippen LogP contribution in [0.5, 0.6) is 0 Å². The minimum Gasteiger partial charge on any atom is -0.501 e. The number of carbonyl (C=O) groups excluding carboxylic acids is 2. The topological polar surface area (TPSA) is 94.8 Å². The van der Waals surface area contributed by atoms with Crippen LogP contribution in [0, 0.1) is 0 Å². The van der Waals surface area contributed by atoms with Crippen LogP contribution in [0.15, 0.2) is 22.7 Å². The van der Waals surface area contributed by atoms with E-state index in [0.29, 0.717) is 12.0 Å². The molecule has 0 amide bonds. The molecule has 0 unspecified atom stereocenters. The number of hydrogen-bond donors (Lipinski definition) is 3. The maximum absolute atomic E-state index is 11.9. The third-order valence-corrected chi connectivity index (χ3v) is 4.06. The van der Waals surface area contributed by atoms with Crippen molar-refractivity contribution in [3.8, 4) is 0 Å². The zero-order valence-corrected chi connectivity index (χ0v) is 13.2. The molecule has 22 heavy (non-hydrogen) atoms. The van der Waals surface area contributed by atoms with Gasteiger partial charge in [0.15, 0.2) is 0 Å². The van der Waals surface area contributed by atoms with Crippen LogP contribution >= 0.6 is 0 Å². The van der Waals surface area contributed by atoms with Crippen LogP contribution in [0.4, 0.5) is 0 Å². The van der Waals surface area contributed by atoms with Gasteiger partial charge in [0.1, 0.15) is 0 Å². The first-order valence-corrected chi connectivity index (χ1v) is 8.03. The van der Waals surface area contributed by atoms with Gasteiger partial charge in [0, 0.05) is 17.8 Å². The summed E-state index contributed by atoms with van der Waals surface area (Å²) in [6.45, 7) is 1.78. The Bertz CT molecular complexity index is 473. The van der Waals surface area contributed by atoms with Gasteiger partial charge in [0.05, 0.1) is 0 Å². The van der Waals surface area contributed by atoms with Gasteiger partial charge < -0.3 is 15.3 Å². The van der Waals surface area contributed by atoms with Crippen LogP contribution in [-0.2, 0) is 9.59 Å². The van der Waals surface area contributed by atoms with Gasteiger partial charge in [-0.2, -0.15) is 0 Å². The van der Waals surface area contributed by atoms with Crippen molar-refractivity contribution in [1.29, 1.82) is 0 Å². The van der Waals surface area contributed by atoms with Crippen LogP contribution in [0.1, 0.15) is 64.7 Å². The van der Waals surface area contributed by atoms with Crippen molar-refractivity contribution >= 4 is 11.6 Å². The predicted octanol–water partition coefficient (Wildman–Crippen LogP) is 3.29. The number of unbranched alkanes of at least 4 members (excludes halogenated alkanes) is 7. The highest BCUT2D eigenvalue weighted by Crippen LogP contribution is 2.25. The van der Waals surface area contributed by atoms with Gasteiger partial charge in [-0.25, -0.2) is 0 Å². The molecule has 0 atom stereocenters. The summed E-state index contributed by atoms with van der Waals surface area (Å²) >= 11 is 0. The monoisotopic (exact) mass is 310 g/mol. The molecule has 124 valence electrons. The van der Waals surface area contributed by atoms with Crippen LogP contribution in [-0.4, -0.2) is 33.5 Å². The Morgan fingerprint density at radius 3 is 1.73 bits per heavy atom. The van der Waals surface area contributed by atoms with Crippen molar-refractivity contribution < 1.29 is 24.9 Å². The zero-order chi connectivity index (χ0) is 16.5. The van der Waals surface area contributed by atoms with E-state index in [1.807, 2.05) is 0 Å². The van der Waals surface area contributed by atoms with E-state index in [2.05, 4.69) is 0 Å². The smallest absolute Gasteiger partial charge is 0.227 e. The van der Waals surface area contributed by atoms with E-state index < -0.39 is 23.1 Å².